The lowest BCUT2D eigenvalue weighted by atomic mass is 10.0. The van der Waals surface area contributed by atoms with Gasteiger partial charge in [-0.3, -0.25) is 9.69 Å². The van der Waals surface area contributed by atoms with Crippen LogP contribution < -0.4 is 5.32 Å². The average molecular weight is 426 g/mol. The summed E-state index contributed by atoms with van der Waals surface area (Å²) in [7, 11) is 0. The van der Waals surface area contributed by atoms with Gasteiger partial charge in [0, 0.05) is 51.7 Å². The van der Waals surface area contributed by atoms with Crippen molar-refractivity contribution in [2.45, 2.75) is 19.0 Å². The number of nitrogens with zero attached hydrogens (tertiary/aromatic N) is 2. The van der Waals surface area contributed by atoms with Crippen LogP contribution >= 0.6 is 24.8 Å². The second kappa shape index (κ2) is 11.0. The second-order valence-electron chi connectivity index (χ2n) is 7.23. The number of hydrogen-bond donors (Lipinski definition) is 1. The summed E-state index contributed by atoms with van der Waals surface area (Å²) >= 11 is 0. The molecule has 1 amide bonds. The molecular weight excluding hydrogens is 397 g/mol. The Morgan fingerprint density at radius 3 is 2.54 bits per heavy atom. The topological polar surface area (TPSA) is 44.8 Å². The standard InChI is InChI=1S/C21H27N3O2.2ClH/c25-21(14-19-16-26-13-8-22-19)24-11-9-23(10-12-24)15-18-6-3-5-17-4-1-2-7-20(17)18;;/h1-7,19,22H,8-16H2;2*1H. The van der Waals surface area contributed by atoms with Crippen molar-refractivity contribution in [3.8, 4) is 0 Å². The summed E-state index contributed by atoms with van der Waals surface area (Å²) in [6, 6.07) is 15.2. The number of fused-ring (bicyclic) bond motifs is 1. The van der Waals surface area contributed by atoms with E-state index in [0.29, 0.717) is 13.0 Å². The molecule has 0 aliphatic carbocycles. The van der Waals surface area contributed by atoms with Crippen LogP contribution in [-0.2, 0) is 16.1 Å². The highest BCUT2D eigenvalue weighted by Crippen LogP contribution is 2.20. The molecule has 2 fully saturated rings. The van der Waals surface area contributed by atoms with Crippen LogP contribution in [0.5, 0.6) is 0 Å². The van der Waals surface area contributed by atoms with Gasteiger partial charge in [0.1, 0.15) is 0 Å². The van der Waals surface area contributed by atoms with E-state index in [1.807, 2.05) is 4.90 Å². The molecule has 1 atom stereocenters. The number of carbonyl (C=O) groups is 1. The van der Waals surface area contributed by atoms with Crippen LogP contribution in [0.3, 0.4) is 0 Å². The van der Waals surface area contributed by atoms with Gasteiger partial charge in [-0.2, -0.15) is 0 Å². The van der Waals surface area contributed by atoms with Crippen LogP contribution in [0.25, 0.3) is 10.8 Å². The molecule has 2 aromatic carbocycles. The predicted octanol–water partition coefficient (Wildman–Crippen LogP) is 2.71. The minimum absolute atomic E-state index is 0. The Labute approximate surface area is 179 Å². The van der Waals surface area contributed by atoms with Gasteiger partial charge in [0.25, 0.3) is 0 Å². The fourth-order valence-corrected chi connectivity index (χ4v) is 3.92. The van der Waals surface area contributed by atoms with Crippen LogP contribution in [0, 0.1) is 0 Å². The molecule has 1 unspecified atom stereocenters. The third kappa shape index (κ3) is 5.58. The number of halogens is 2. The van der Waals surface area contributed by atoms with Crippen molar-refractivity contribution in [1.29, 1.82) is 0 Å². The van der Waals surface area contributed by atoms with Crippen molar-refractivity contribution in [3.63, 3.8) is 0 Å². The summed E-state index contributed by atoms with van der Waals surface area (Å²) in [5.41, 5.74) is 1.37. The maximum atomic E-state index is 12.5. The summed E-state index contributed by atoms with van der Waals surface area (Å²) in [4.78, 5) is 17.0. The van der Waals surface area contributed by atoms with Crippen molar-refractivity contribution in [2.75, 3.05) is 45.9 Å². The van der Waals surface area contributed by atoms with Gasteiger partial charge in [-0.05, 0) is 16.3 Å². The Balaban J connectivity index is 0.00000140. The van der Waals surface area contributed by atoms with Crippen LogP contribution in [0.2, 0.25) is 0 Å². The van der Waals surface area contributed by atoms with Crippen molar-refractivity contribution in [1.82, 2.24) is 15.1 Å². The molecule has 7 heteroatoms. The lowest BCUT2D eigenvalue weighted by Crippen LogP contribution is -2.51. The summed E-state index contributed by atoms with van der Waals surface area (Å²) in [6.45, 7) is 6.68. The molecule has 2 aliphatic heterocycles. The monoisotopic (exact) mass is 425 g/mol. The van der Waals surface area contributed by atoms with Gasteiger partial charge in [0.05, 0.1) is 13.2 Å². The first-order valence-corrected chi connectivity index (χ1v) is 9.57. The van der Waals surface area contributed by atoms with E-state index in [1.165, 1.54) is 16.3 Å². The first kappa shape index (κ1) is 22.9. The zero-order valence-corrected chi connectivity index (χ0v) is 17.6. The van der Waals surface area contributed by atoms with Gasteiger partial charge < -0.3 is 15.0 Å². The van der Waals surface area contributed by atoms with Crippen LogP contribution in [0.4, 0.5) is 0 Å². The van der Waals surface area contributed by atoms with Gasteiger partial charge in [0.2, 0.25) is 5.91 Å². The average Bonchev–Trinajstić information content (AvgIpc) is 2.70. The summed E-state index contributed by atoms with van der Waals surface area (Å²) in [5.74, 6) is 0.248. The molecule has 0 aromatic heterocycles. The van der Waals surface area contributed by atoms with E-state index in [-0.39, 0.29) is 36.8 Å². The number of rotatable bonds is 4. The fraction of sp³-hybridized carbons (Fsp3) is 0.476. The van der Waals surface area contributed by atoms with E-state index >= 15 is 0 Å². The number of nitrogens with one attached hydrogen (secondary N) is 1. The zero-order valence-electron chi connectivity index (χ0n) is 16.0. The number of carbonyl (C=O) groups excluding carboxylic acids is 1. The van der Waals surface area contributed by atoms with E-state index in [2.05, 4.69) is 52.7 Å². The maximum absolute atomic E-state index is 12.5. The molecule has 154 valence electrons. The SMILES string of the molecule is Cl.Cl.O=C(CC1COCCN1)N1CCN(Cc2cccc3ccccc23)CC1. The van der Waals surface area contributed by atoms with E-state index in [4.69, 9.17) is 4.74 Å². The first-order valence-electron chi connectivity index (χ1n) is 9.57. The number of amides is 1. The molecule has 2 aromatic rings. The third-order valence-corrected chi connectivity index (χ3v) is 5.42. The molecule has 2 saturated heterocycles. The molecule has 4 rings (SSSR count). The van der Waals surface area contributed by atoms with Gasteiger partial charge in [-0.15, -0.1) is 24.8 Å². The molecule has 1 N–H and O–H groups in total. The molecule has 0 spiro atoms. The summed E-state index contributed by atoms with van der Waals surface area (Å²) < 4.78 is 5.45. The van der Waals surface area contributed by atoms with E-state index in [1.54, 1.807) is 0 Å². The number of morpholine rings is 1. The molecule has 2 heterocycles. The Hall–Kier alpha value is -1.37. The molecule has 0 saturated carbocycles. The molecule has 0 radical (unpaired) electrons. The molecule has 28 heavy (non-hydrogen) atoms. The van der Waals surface area contributed by atoms with Crippen molar-refractivity contribution in [3.05, 3.63) is 48.0 Å². The Kier molecular flexibility index (Phi) is 8.99. The van der Waals surface area contributed by atoms with Gasteiger partial charge in [-0.25, -0.2) is 0 Å². The zero-order chi connectivity index (χ0) is 17.8. The smallest absolute Gasteiger partial charge is 0.224 e. The highest BCUT2D eigenvalue weighted by Gasteiger charge is 2.24. The van der Waals surface area contributed by atoms with E-state index in [0.717, 1.165) is 45.9 Å². The number of hydrogen-bond acceptors (Lipinski definition) is 4. The van der Waals surface area contributed by atoms with Crippen molar-refractivity contribution in [2.24, 2.45) is 0 Å². The maximum Gasteiger partial charge on any atom is 0.224 e. The van der Waals surface area contributed by atoms with Crippen LogP contribution in [0.15, 0.2) is 42.5 Å². The van der Waals surface area contributed by atoms with E-state index < -0.39 is 0 Å². The first-order chi connectivity index (χ1) is 12.8. The largest absolute Gasteiger partial charge is 0.378 e. The Bertz CT molecular complexity index is 755. The third-order valence-electron chi connectivity index (χ3n) is 5.42. The number of piperazine rings is 1. The highest BCUT2D eigenvalue weighted by atomic mass is 35.5. The second-order valence-corrected chi connectivity index (χ2v) is 7.23. The Morgan fingerprint density at radius 2 is 1.79 bits per heavy atom. The number of ether oxygens (including phenoxy) is 1. The molecule has 2 aliphatic rings. The molecule has 5 nitrogen and oxygen atoms in total. The summed E-state index contributed by atoms with van der Waals surface area (Å²) in [6.07, 6.45) is 0.545. The summed E-state index contributed by atoms with van der Waals surface area (Å²) in [5, 5.41) is 5.99. The fourth-order valence-electron chi connectivity index (χ4n) is 3.92. The van der Waals surface area contributed by atoms with Gasteiger partial charge >= 0.3 is 0 Å². The minimum atomic E-state index is 0. The molecule has 0 bridgehead atoms. The number of benzene rings is 2. The predicted molar refractivity (Wildman–Crippen MR) is 118 cm³/mol. The lowest BCUT2D eigenvalue weighted by molar-refractivity contribution is -0.134. The van der Waals surface area contributed by atoms with Crippen molar-refractivity contribution < 1.29 is 9.53 Å². The lowest BCUT2D eigenvalue weighted by Gasteiger charge is -2.36. The van der Waals surface area contributed by atoms with Crippen LogP contribution in [0.1, 0.15) is 12.0 Å². The van der Waals surface area contributed by atoms with Gasteiger partial charge in [-0.1, -0.05) is 42.5 Å². The van der Waals surface area contributed by atoms with Gasteiger partial charge in [0.15, 0.2) is 0 Å². The van der Waals surface area contributed by atoms with E-state index in [9.17, 15) is 4.79 Å². The Morgan fingerprint density at radius 1 is 1.04 bits per heavy atom. The molecular formula is C21H29Cl2N3O2. The minimum Gasteiger partial charge on any atom is -0.378 e. The normalized spacial score (nSPS) is 20.3. The quantitative estimate of drug-likeness (QED) is 0.817. The van der Waals surface area contributed by atoms with Crippen LogP contribution in [-0.4, -0.2) is 67.7 Å². The van der Waals surface area contributed by atoms with Crippen molar-refractivity contribution >= 4 is 41.5 Å². The highest BCUT2D eigenvalue weighted by molar-refractivity contribution is 5.86.